The molecule has 98 valence electrons. The maximum atomic E-state index is 12.0. The van der Waals surface area contributed by atoms with Crippen LogP contribution < -0.4 is 10.5 Å². The number of aromatic nitrogens is 1. The van der Waals surface area contributed by atoms with Crippen LogP contribution in [0.4, 0.5) is 5.13 Å². The quantitative estimate of drug-likeness (QED) is 0.908. The predicted molar refractivity (Wildman–Crippen MR) is 74.6 cm³/mol. The van der Waals surface area contributed by atoms with Crippen molar-refractivity contribution in [3.63, 3.8) is 0 Å². The molecule has 0 aliphatic rings. The highest BCUT2D eigenvalue weighted by atomic mass is 32.2. The number of anilines is 1. The topological polar surface area (TPSA) is 85.1 Å². The van der Waals surface area contributed by atoms with Crippen LogP contribution in [0.3, 0.4) is 0 Å². The first-order valence-electron chi connectivity index (χ1n) is 5.19. The molecule has 5 nitrogen and oxygen atoms in total. The highest BCUT2D eigenvalue weighted by molar-refractivity contribution is 7.94. The van der Waals surface area contributed by atoms with E-state index in [2.05, 4.69) is 9.71 Å². The van der Waals surface area contributed by atoms with Crippen molar-refractivity contribution in [2.45, 2.75) is 24.1 Å². The van der Waals surface area contributed by atoms with Gasteiger partial charge in [-0.1, -0.05) is 0 Å². The minimum atomic E-state index is -3.53. The fraction of sp³-hybridized carbons (Fsp3) is 0.300. The Hall–Kier alpha value is -0.960. The summed E-state index contributed by atoms with van der Waals surface area (Å²) >= 11 is 2.46. The summed E-state index contributed by atoms with van der Waals surface area (Å²) in [7, 11) is -3.53. The Morgan fingerprint density at radius 2 is 2.17 bits per heavy atom. The van der Waals surface area contributed by atoms with Crippen molar-refractivity contribution >= 4 is 37.8 Å². The van der Waals surface area contributed by atoms with Crippen LogP contribution in [-0.4, -0.2) is 13.4 Å². The molecule has 0 saturated heterocycles. The van der Waals surface area contributed by atoms with Crippen molar-refractivity contribution in [1.82, 2.24) is 4.98 Å². The van der Waals surface area contributed by atoms with Crippen molar-refractivity contribution in [2.75, 3.05) is 4.72 Å². The van der Waals surface area contributed by atoms with E-state index in [1.165, 1.54) is 22.7 Å². The van der Waals surface area contributed by atoms with Crippen LogP contribution >= 0.6 is 22.7 Å². The number of thiazole rings is 1. The summed E-state index contributed by atoms with van der Waals surface area (Å²) in [5.74, 6) is 0. The number of aryl methyl sites for hydroxylation is 1. The fourth-order valence-corrected chi connectivity index (χ4v) is 4.61. The van der Waals surface area contributed by atoms with Gasteiger partial charge in [-0.25, -0.2) is 13.4 Å². The predicted octanol–water partition coefficient (Wildman–Crippen LogP) is 2.33. The molecule has 3 N–H and O–H groups in total. The highest BCUT2D eigenvalue weighted by Gasteiger charge is 2.18. The summed E-state index contributed by atoms with van der Waals surface area (Å²) in [5.41, 5.74) is 6.35. The van der Waals surface area contributed by atoms with Gasteiger partial charge in [-0.2, -0.15) is 0 Å². The lowest BCUT2D eigenvalue weighted by atomic mass is 10.3. The largest absolute Gasteiger partial charge is 0.323 e. The molecule has 0 aliphatic heterocycles. The van der Waals surface area contributed by atoms with Crippen molar-refractivity contribution in [3.8, 4) is 0 Å². The van der Waals surface area contributed by atoms with Crippen LogP contribution in [0, 0.1) is 6.92 Å². The number of rotatable bonds is 4. The van der Waals surface area contributed by atoms with Gasteiger partial charge in [0.15, 0.2) is 5.13 Å². The molecule has 0 fully saturated rings. The smallest absolute Gasteiger partial charge is 0.273 e. The molecular weight excluding hydrogens is 290 g/mol. The average Bonchev–Trinajstić information content (AvgIpc) is 2.86. The van der Waals surface area contributed by atoms with Crippen molar-refractivity contribution < 1.29 is 8.42 Å². The molecule has 0 spiro atoms. The second kappa shape index (κ2) is 4.96. The summed E-state index contributed by atoms with van der Waals surface area (Å²) in [6, 6.07) is 3.15. The van der Waals surface area contributed by atoms with Gasteiger partial charge < -0.3 is 5.73 Å². The number of nitrogens with two attached hydrogens (primary N) is 1. The molecule has 0 amide bonds. The highest BCUT2D eigenvalue weighted by Crippen LogP contribution is 2.25. The molecule has 1 unspecified atom stereocenters. The van der Waals surface area contributed by atoms with Crippen molar-refractivity contribution in [1.29, 1.82) is 0 Å². The van der Waals surface area contributed by atoms with E-state index >= 15 is 0 Å². The zero-order valence-electron chi connectivity index (χ0n) is 9.88. The van der Waals surface area contributed by atoms with Crippen molar-refractivity contribution in [3.05, 3.63) is 28.1 Å². The summed E-state index contributed by atoms with van der Waals surface area (Å²) in [4.78, 5) is 5.08. The van der Waals surface area contributed by atoms with Crippen LogP contribution in [0.1, 0.15) is 23.5 Å². The zero-order chi connectivity index (χ0) is 13.3. The first-order valence-corrected chi connectivity index (χ1v) is 8.36. The lowest BCUT2D eigenvalue weighted by Crippen LogP contribution is -2.12. The van der Waals surface area contributed by atoms with Gasteiger partial charge in [0.05, 0.1) is 5.69 Å². The second-order valence-corrected chi connectivity index (χ2v) is 7.89. The van der Waals surface area contributed by atoms with Gasteiger partial charge in [0.25, 0.3) is 10.0 Å². The molecule has 2 heterocycles. The van der Waals surface area contributed by atoms with Gasteiger partial charge in [-0.05, 0) is 26.0 Å². The molecule has 0 saturated carbocycles. The van der Waals surface area contributed by atoms with Gasteiger partial charge in [0.1, 0.15) is 4.21 Å². The molecule has 0 aromatic carbocycles. The second-order valence-electron chi connectivity index (χ2n) is 3.84. The van der Waals surface area contributed by atoms with Gasteiger partial charge in [0.2, 0.25) is 0 Å². The Bertz CT molecular complexity index is 643. The normalized spacial score (nSPS) is 13.5. The van der Waals surface area contributed by atoms with Crippen LogP contribution in [0.25, 0.3) is 0 Å². The minimum Gasteiger partial charge on any atom is -0.323 e. The zero-order valence-corrected chi connectivity index (χ0v) is 12.3. The molecule has 2 aromatic rings. The number of thiophene rings is 1. The average molecular weight is 303 g/mol. The standard InChI is InChI=1S/C10H13N3O2S3/c1-6-3-4-9(17-6)18(14,15)13-10-12-8(5-16-10)7(2)11/h3-5,7H,11H2,1-2H3,(H,12,13). The third-order valence-corrected chi connectivity index (χ3v) is 5.93. The number of sulfonamides is 1. The molecule has 0 radical (unpaired) electrons. The Balaban J connectivity index is 2.22. The van der Waals surface area contributed by atoms with Crippen LogP contribution in [0.2, 0.25) is 0 Å². The Morgan fingerprint density at radius 3 is 2.67 bits per heavy atom. The Kier molecular flexibility index (Phi) is 3.71. The van der Waals surface area contributed by atoms with E-state index in [1.807, 2.05) is 6.92 Å². The molecule has 0 bridgehead atoms. The number of nitrogens with one attached hydrogen (secondary N) is 1. The van der Waals surface area contributed by atoms with E-state index in [0.29, 0.717) is 10.8 Å². The van der Waals surface area contributed by atoms with E-state index in [1.54, 1.807) is 24.4 Å². The monoisotopic (exact) mass is 303 g/mol. The fourth-order valence-electron chi connectivity index (χ4n) is 1.26. The molecule has 18 heavy (non-hydrogen) atoms. The molecule has 2 rings (SSSR count). The van der Waals surface area contributed by atoms with Crippen LogP contribution in [0.15, 0.2) is 21.7 Å². The van der Waals surface area contributed by atoms with E-state index in [-0.39, 0.29) is 10.3 Å². The van der Waals surface area contributed by atoms with Crippen LogP contribution in [-0.2, 0) is 10.0 Å². The van der Waals surface area contributed by atoms with Gasteiger partial charge in [-0.3, -0.25) is 4.72 Å². The summed E-state index contributed by atoms with van der Waals surface area (Å²) in [6.45, 7) is 3.66. The minimum absolute atomic E-state index is 0.205. The van der Waals surface area contributed by atoms with Gasteiger partial charge in [-0.15, -0.1) is 22.7 Å². The molecule has 8 heteroatoms. The van der Waals surface area contributed by atoms with E-state index in [0.717, 1.165) is 4.88 Å². The first kappa shape index (κ1) is 13.5. The van der Waals surface area contributed by atoms with E-state index in [9.17, 15) is 8.42 Å². The maximum Gasteiger partial charge on any atom is 0.273 e. The molecule has 1 atom stereocenters. The number of hydrogen-bond donors (Lipinski definition) is 2. The van der Waals surface area contributed by atoms with Gasteiger partial charge in [0, 0.05) is 16.3 Å². The molecule has 0 aliphatic carbocycles. The maximum absolute atomic E-state index is 12.0. The Labute approximate surface area is 114 Å². The summed E-state index contributed by atoms with van der Waals surface area (Å²) in [6.07, 6.45) is 0. The summed E-state index contributed by atoms with van der Waals surface area (Å²) < 4.78 is 26.8. The third-order valence-electron chi connectivity index (χ3n) is 2.19. The lowest BCUT2D eigenvalue weighted by Gasteiger charge is -2.02. The first-order chi connectivity index (χ1) is 8.38. The van der Waals surface area contributed by atoms with Crippen LogP contribution in [0.5, 0.6) is 0 Å². The van der Waals surface area contributed by atoms with Gasteiger partial charge >= 0.3 is 0 Å². The van der Waals surface area contributed by atoms with E-state index < -0.39 is 10.0 Å². The lowest BCUT2D eigenvalue weighted by molar-refractivity contribution is 0.603. The number of nitrogens with zero attached hydrogens (tertiary/aromatic N) is 1. The Morgan fingerprint density at radius 1 is 1.44 bits per heavy atom. The third kappa shape index (κ3) is 2.89. The molecular formula is C10H13N3O2S3. The number of hydrogen-bond acceptors (Lipinski definition) is 6. The molecule has 2 aromatic heterocycles. The summed E-state index contributed by atoms with van der Waals surface area (Å²) in [5, 5.41) is 2.09. The van der Waals surface area contributed by atoms with Crippen molar-refractivity contribution in [2.24, 2.45) is 5.73 Å². The SMILES string of the molecule is Cc1ccc(S(=O)(=O)Nc2nc(C(C)N)cs2)s1. The van der Waals surface area contributed by atoms with E-state index in [4.69, 9.17) is 5.73 Å².